The van der Waals surface area contributed by atoms with Crippen molar-refractivity contribution in [2.75, 3.05) is 7.05 Å². The number of hydrogen-bond donors (Lipinski definition) is 0. The zero-order valence-corrected chi connectivity index (χ0v) is 7.74. The lowest BCUT2D eigenvalue weighted by atomic mass is 10.1. The molecule has 0 unspecified atom stereocenters. The van der Waals surface area contributed by atoms with E-state index >= 15 is 0 Å². The molecular weight excluding hydrogens is 239 g/mol. The minimum Gasteiger partial charge on any atom is -0.289 e. The molecule has 0 radical (unpaired) electrons. The second-order valence-electron chi connectivity index (χ2n) is 1.82. The molecule has 3 heteroatoms. The molecule has 10 heavy (non-hydrogen) atoms. The first-order valence-corrected chi connectivity index (χ1v) is 3.85. The molecule has 0 fully saturated rings. The number of hydrogen-bond acceptors (Lipinski definition) is 2. The van der Waals surface area contributed by atoms with E-state index in [1.54, 1.807) is 7.05 Å². The van der Waals surface area contributed by atoms with E-state index in [-0.39, 0.29) is 0 Å². The molecule has 0 aliphatic heterocycles. The summed E-state index contributed by atoms with van der Waals surface area (Å²) in [6.07, 6.45) is 7.76. The Labute approximate surface area is 74.0 Å². The molecular formula is C7H7IN2. The van der Waals surface area contributed by atoms with Crippen LogP contribution in [0.4, 0.5) is 0 Å². The molecule has 0 N–H and O–H groups in total. The average molecular weight is 246 g/mol. The van der Waals surface area contributed by atoms with Crippen molar-refractivity contribution < 1.29 is 0 Å². The second kappa shape index (κ2) is 3.65. The Morgan fingerprint density at radius 1 is 1.10 bits per heavy atom. The summed E-state index contributed by atoms with van der Waals surface area (Å²) in [6, 6.07) is 0. The maximum Gasteiger partial charge on any atom is 0.0838 e. The number of allylic oxidation sites excluding steroid dienone is 4. The van der Waals surface area contributed by atoms with E-state index in [0.717, 1.165) is 11.4 Å². The summed E-state index contributed by atoms with van der Waals surface area (Å²) in [5.41, 5.74) is 1.97. The molecule has 0 bridgehead atoms. The van der Waals surface area contributed by atoms with E-state index in [4.69, 9.17) is 0 Å². The molecule has 0 heterocycles. The van der Waals surface area contributed by atoms with Crippen molar-refractivity contribution in [1.82, 2.24) is 0 Å². The summed E-state index contributed by atoms with van der Waals surface area (Å²) < 4.78 is 3.97. The fourth-order valence-electron chi connectivity index (χ4n) is 0.658. The van der Waals surface area contributed by atoms with Gasteiger partial charge in [-0.25, -0.2) is 3.21 Å². The minimum atomic E-state index is 0.980. The van der Waals surface area contributed by atoms with Gasteiger partial charge in [-0.3, -0.25) is 4.99 Å². The quantitative estimate of drug-likeness (QED) is 0.461. The topological polar surface area (TPSA) is 24.7 Å². The lowest BCUT2D eigenvalue weighted by molar-refractivity contribution is 1.45. The van der Waals surface area contributed by atoms with E-state index in [1.165, 1.54) is 0 Å². The standard InChI is InChI=1S/C7H7IN2/c1-9-6-2-4-7(10-8)5-3-6/h2-5H,1H3. The SMILES string of the molecule is CN=C1C=CC(=NI)C=C1. The van der Waals surface area contributed by atoms with E-state index in [1.807, 2.05) is 47.2 Å². The third-order valence-corrected chi connectivity index (χ3v) is 1.76. The van der Waals surface area contributed by atoms with Crippen molar-refractivity contribution in [3.8, 4) is 0 Å². The summed E-state index contributed by atoms with van der Waals surface area (Å²) in [5, 5.41) is 0. The highest BCUT2D eigenvalue weighted by Crippen LogP contribution is 1.99. The first-order chi connectivity index (χ1) is 4.86. The van der Waals surface area contributed by atoms with Gasteiger partial charge in [-0.15, -0.1) is 0 Å². The zero-order chi connectivity index (χ0) is 7.40. The largest absolute Gasteiger partial charge is 0.289 e. The summed E-state index contributed by atoms with van der Waals surface area (Å²) in [6.45, 7) is 0. The van der Waals surface area contributed by atoms with Crippen LogP contribution in [0.3, 0.4) is 0 Å². The van der Waals surface area contributed by atoms with Gasteiger partial charge in [0, 0.05) is 7.05 Å². The van der Waals surface area contributed by atoms with Crippen molar-refractivity contribution in [2.45, 2.75) is 0 Å². The second-order valence-corrected chi connectivity index (χ2v) is 2.31. The van der Waals surface area contributed by atoms with Crippen LogP contribution in [0, 0.1) is 0 Å². The van der Waals surface area contributed by atoms with E-state index in [9.17, 15) is 0 Å². The molecule has 0 atom stereocenters. The highest BCUT2D eigenvalue weighted by atomic mass is 127. The Hall–Kier alpha value is -0.450. The Morgan fingerprint density at radius 2 is 1.60 bits per heavy atom. The van der Waals surface area contributed by atoms with Crippen LogP contribution in [0.5, 0.6) is 0 Å². The summed E-state index contributed by atoms with van der Waals surface area (Å²) >= 11 is 1.97. The molecule has 1 rings (SSSR count). The predicted molar refractivity (Wildman–Crippen MR) is 53.1 cm³/mol. The van der Waals surface area contributed by atoms with Crippen molar-refractivity contribution in [3.63, 3.8) is 0 Å². The molecule has 0 aromatic carbocycles. The van der Waals surface area contributed by atoms with Crippen LogP contribution in [0.2, 0.25) is 0 Å². The number of rotatable bonds is 0. The molecule has 1 aliphatic rings. The lowest BCUT2D eigenvalue weighted by Crippen LogP contribution is -1.98. The van der Waals surface area contributed by atoms with Crippen LogP contribution in [-0.2, 0) is 0 Å². The Bertz CT molecular complexity index is 194. The maximum atomic E-state index is 4.00. The van der Waals surface area contributed by atoms with Gasteiger partial charge in [-0.05, 0) is 24.3 Å². The van der Waals surface area contributed by atoms with Gasteiger partial charge < -0.3 is 0 Å². The highest BCUT2D eigenvalue weighted by Gasteiger charge is 1.95. The lowest BCUT2D eigenvalue weighted by Gasteiger charge is -1.97. The molecule has 0 amide bonds. The fraction of sp³-hybridized carbons (Fsp3) is 0.143. The fourth-order valence-corrected chi connectivity index (χ4v) is 0.980. The van der Waals surface area contributed by atoms with E-state index in [2.05, 4.69) is 8.20 Å². The van der Waals surface area contributed by atoms with E-state index in [0.29, 0.717) is 0 Å². The van der Waals surface area contributed by atoms with Gasteiger partial charge in [0.25, 0.3) is 0 Å². The molecule has 0 saturated heterocycles. The molecule has 1 aliphatic carbocycles. The van der Waals surface area contributed by atoms with Crippen LogP contribution in [0.25, 0.3) is 0 Å². The number of halogens is 1. The highest BCUT2D eigenvalue weighted by molar-refractivity contribution is 14.1. The average Bonchev–Trinajstić information content (AvgIpc) is 2.05. The third-order valence-electron chi connectivity index (χ3n) is 1.21. The molecule has 0 aromatic rings. The Morgan fingerprint density at radius 3 is 2.00 bits per heavy atom. The Kier molecular flexibility index (Phi) is 2.80. The smallest absolute Gasteiger partial charge is 0.0838 e. The molecule has 0 spiro atoms. The first kappa shape index (κ1) is 7.65. The van der Waals surface area contributed by atoms with Crippen molar-refractivity contribution in [3.05, 3.63) is 24.3 Å². The number of nitrogens with zero attached hydrogens (tertiary/aromatic N) is 2. The normalized spacial score (nSPS) is 15.8. The van der Waals surface area contributed by atoms with Crippen molar-refractivity contribution >= 4 is 34.3 Å². The first-order valence-electron chi connectivity index (χ1n) is 2.88. The number of aliphatic imine (C=N–C) groups is 1. The van der Waals surface area contributed by atoms with Gasteiger partial charge in [0.05, 0.1) is 34.3 Å². The van der Waals surface area contributed by atoms with Gasteiger partial charge in [0.2, 0.25) is 0 Å². The molecule has 0 aromatic heterocycles. The predicted octanol–water partition coefficient (Wildman–Crippen LogP) is 1.97. The van der Waals surface area contributed by atoms with Gasteiger partial charge in [-0.1, -0.05) is 0 Å². The van der Waals surface area contributed by atoms with Gasteiger partial charge in [0.15, 0.2) is 0 Å². The Balaban J connectivity index is 2.81. The van der Waals surface area contributed by atoms with Gasteiger partial charge >= 0.3 is 0 Å². The van der Waals surface area contributed by atoms with Crippen LogP contribution >= 0.6 is 22.9 Å². The molecule has 52 valence electrons. The summed E-state index contributed by atoms with van der Waals surface area (Å²) in [5.74, 6) is 0. The minimum absolute atomic E-state index is 0.980. The van der Waals surface area contributed by atoms with Crippen LogP contribution < -0.4 is 0 Å². The van der Waals surface area contributed by atoms with Gasteiger partial charge in [0.1, 0.15) is 0 Å². The van der Waals surface area contributed by atoms with Crippen LogP contribution in [0.1, 0.15) is 0 Å². The van der Waals surface area contributed by atoms with Crippen molar-refractivity contribution in [2.24, 2.45) is 8.20 Å². The van der Waals surface area contributed by atoms with E-state index < -0.39 is 0 Å². The molecule has 0 saturated carbocycles. The third kappa shape index (κ3) is 1.76. The summed E-state index contributed by atoms with van der Waals surface area (Å²) in [7, 11) is 1.77. The zero-order valence-electron chi connectivity index (χ0n) is 5.58. The van der Waals surface area contributed by atoms with Crippen molar-refractivity contribution in [1.29, 1.82) is 0 Å². The van der Waals surface area contributed by atoms with Crippen LogP contribution in [-0.4, -0.2) is 18.5 Å². The summed E-state index contributed by atoms with van der Waals surface area (Å²) in [4.78, 5) is 4.00. The maximum absolute atomic E-state index is 4.00. The molecule has 2 nitrogen and oxygen atoms in total. The monoisotopic (exact) mass is 246 g/mol. The van der Waals surface area contributed by atoms with Crippen LogP contribution in [0.15, 0.2) is 32.5 Å². The van der Waals surface area contributed by atoms with Gasteiger partial charge in [-0.2, -0.15) is 0 Å².